The molecule has 0 aliphatic carbocycles. The van der Waals surface area contributed by atoms with Crippen molar-refractivity contribution in [1.29, 1.82) is 0 Å². The fraction of sp³-hybridized carbons (Fsp3) is 0.125. The van der Waals surface area contributed by atoms with Crippen LogP contribution in [0.5, 0.6) is 0 Å². The Labute approximate surface area is 75.0 Å². The summed E-state index contributed by atoms with van der Waals surface area (Å²) < 4.78 is 0. The molecule has 0 aromatic heterocycles. The molecule has 2 heterocycles. The van der Waals surface area contributed by atoms with Gasteiger partial charge in [-0.15, -0.1) is 0 Å². The van der Waals surface area contributed by atoms with E-state index in [0.717, 1.165) is 6.29 Å². The highest BCUT2D eigenvalue weighted by molar-refractivity contribution is 5.98. The zero-order valence-corrected chi connectivity index (χ0v) is 6.84. The minimum absolute atomic E-state index is 0.486. The summed E-state index contributed by atoms with van der Waals surface area (Å²) in [6.07, 6.45) is 5.55. The predicted octanol–water partition coefficient (Wildman–Crippen LogP) is -0.375. The second kappa shape index (κ2) is 2.85. The lowest BCUT2D eigenvalue weighted by atomic mass is 10.2. The lowest BCUT2D eigenvalue weighted by molar-refractivity contribution is -0.105. The third kappa shape index (κ3) is 1.35. The van der Waals surface area contributed by atoms with Crippen LogP contribution in [0.25, 0.3) is 0 Å². The first-order valence-corrected chi connectivity index (χ1v) is 3.79. The number of nitrogens with two attached hydrogens (primary N) is 1. The Bertz CT molecular complexity index is 364. The fourth-order valence-corrected chi connectivity index (χ4v) is 1.15. The van der Waals surface area contributed by atoms with Crippen LogP contribution in [0.2, 0.25) is 0 Å². The number of nitrogens with zero attached hydrogens (tertiary/aromatic N) is 3. The largest absolute Gasteiger partial charge is 0.396 e. The minimum Gasteiger partial charge on any atom is -0.396 e. The van der Waals surface area contributed by atoms with Gasteiger partial charge in [0, 0.05) is 18.0 Å². The van der Waals surface area contributed by atoms with E-state index in [9.17, 15) is 4.79 Å². The number of rotatable bonds is 1. The summed E-state index contributed by atoms with van der Waals surface area (Å²) in [5.41, 5.74) is 6.71. The van der Waals surface area contributed by atoms with Crippen molar-refractivity contribution in [3.05, 3.63) is 23.7 Å². The normalized spacial score (nSPS) is 20.0. The summed E-state index contributed by atoms with van der Waals surface area (Å²) in [4.78, 5) is 20.2. The third-order valence-corrected chi connectivity index (χ3v) is 1.74. The molecule has 0 aromatic rings. The molecule has 0 radical (unpaired) electrons. The summed E-state index contributed by atoms with van der Waals surface area (Å²) in [6.45, 7) is 0.486. The molecule has 66 valence electrons. The van der Waals surface area contributed by atoms with E-state index in [1.807, 2.05) is 0 Å². The van der Waals surface area contributed by atoms with Crippen molar-refractivity contribution < 1.29 is 4.79 Å². The van der Waals surface area contributed by atoms with Gasteiger partial charge in [0.15, 0.2) is 0 Å². The Morgan fingerprint density at radius 2 is 2.46 bits per heavy atom. The topological polar surface area (TPSA) is 71.0 Å². The first-order valence-electron chi connectivity index (χ1n) is 3.79. The number of aldehydes is 1. The van der Waals surface area contributed by atoms with Gasteiger partial charge in [0.1, 0.15) is 6.29 Å². The molecule has 2 aliphatic heterocycles. The molecular formula is C8H8N4O. The molecule has 2 N–H and O–H groups in total. The predicted molar refractivity (Wildman–Crippen MR) is 49.1 cm³/mol. The van der Waals surface area contributed by atoms with Crippen LogP contribution in [0.3, 0.4) is 0 Å². The van der Waals surface area contributed by atoms with Crippen molar-refractivity contribution in [2.24, 2.45) is 15.7 Å². The molecule has 0 amide bonds. The van der Waals surface area contributed by atoms with Crippen LogP contribution in [-0.2, 0) is 4.79 Å². The van der Waals surface area contributed by atoms with E-state index in [1.165, 1.54) is 12.4 Å². The summed E-state index contributed by atoms with van der Waals surface area (Å²) >= 11 is 0. The smallest absolute Gasteiger partial charge is 0.229 e. The van der Waals surface area contributed by atoms with Gasteiger partial charge in [0.25, 0.3) is 0 Å². The number of fused-ring (bicyclic) bond motifs is 1. The van der Waals surface area contributed by atoms with E-state index in [2.05, 4.69) is 9.98 Å². The molecule has 0 bridgehead atoms. The number of guanidine groups is 1. The van der Waals surface area contributed by atoms with E-state index in [4.69, 9.17) is 5.73 Å². The quantitative estimate of drug-likeness (QED) is 0.554. The van der Waals surface area contributed by atoms with Crippen LogP contribution in [0.1, 0.15) is 0 Å². The summed E-state index contributed by atoms with van der Waals surface area (Å²) in [6, 6.07) is 0. The number of hydrogen-bond acceptors (Lipinski definition) is 5. The second-order valence-corrected chi connectivity index (χ2v) is 2.77. The lowest BCUT2D eigenvalue weighted by Gasteiger charge is -2.24. The molecule has 0 unspecified atom stereocenters. The first-order chi connectivity index (χ1) is 6.29. The highest BCUT2D eigenvalue weighted by atomic mass is 16.1. The van der Waals surface area contributed by atoms with Gasteiger partial charge in [-0.25, -0.2) is 9.98 Å². The van der Waals surface area contributed by atoms with Gasteiger partial charge in [0.05, 0.1) is 18.5 Å². The Balaban J connectivity index is 2.31. The minimum atomic E-state index is 0.486. The van der Waals surface area contributed by atoms with Crippen LogP contribution >= 0.6 is 0 Å². The Hall–Kier alpha value is -1.91. The van der Waals surface area contributed by atoms with Gasteiger partial charge in [-0.2, -0.15) is 0 Å². The van der Waals surface area contributed by atoms with Gasteiger partial charge in [-0.05, 0) is 0 Å². The van der Waals surface area contributed by atoms with Gasteiger partial charge in [0.2, 0.25) is 5.96 Å². The SMILES string of the molecule is NC1=CN2CC(C=O)=CN=C2N=C1. The molecule has 0 aromatic carbocycles. The molecule has 5 nitrogen and oxygen atoms in total. The van der Waals surface area contributed by atoms with Gasteiger partial charge < -0.3 is 10.6 Å². The van der Waals surface area contributed by atoms with Crippen LogP contribution in [0, 0.1) is 0 Å². The Kier molecular flexibility index (Phi) is 1.70. The molecule has 0 fully saturated rings. The average molecular weight is 176 g/mol. The molecule has 2 rings (SSSR count). The zero-order chi connectivity index (χ0) is 9.26. The highest BCUT2D eigenvalue weighted by Crippen LogP contribution is 2.11. The maximum Gasteiger partial charge on any atom is 0.229 e. The summed E-state index contributed by atoms with van der Waals surface area (Å²) in [5, 5.41) is 0. The number of carbonyl (C=O) groups excluding carboxylic acids is 1. The fourth-order valence-electron chi connectivity index (χ4n) is 1.15. The molecule has 0 spiro atoms. The van der Waals surface area contributed by atoms with Crippen molar-refractivity contribution in [2.45, 2.75) is 0 Å². The maximum atomic E-state index is 10.5. The van der Waals surface area contributed by atoms with Crippen molar-refractivity contribution in [3.63, 3.8) is 0 Å². The maximum absolute atomic E-state index is 10.5. The number of aliphatic imine (C=N–C) groups is 2. The summed E-state index contributed by atoms with van der Waals surface area (Å²) in [5.74, 6) is 0.569. The molecule has 13 heavy (non-hydrogen) atoms. The Morgan fingerprint density at radius 1 is 1.62 bits per heavy atom. The van der Waals surface area contributed by atoms with Crippen molar-refractivity contribution >= 4 is 18.5 Å². The van der Waals surface area contributed by atoms with Gasteiger partial charge in [-0.3, -0.25) is 4.79 Å². The van der Waals surface area contributed by atoms with Gasteiger partial charge in [-0.1, -0.05) is 0 Å². The van der Waals surface area contributed by atoms with E-state index >= 15 is 0 Å². The second-order valence-electron chi connectivity index (χ2n) is 2.77. The molecule has 2 aliphatic rings. The monoisotopic (exact) mass is 176 g/mol. The lowest BCUT2D eigenvalue weighted by Crippen LogP contribution is -2.33. The standard InChI is InChI=1S/C8H8N4O/c9-7-2-11-8-10-1-6(5-13)3-12(8)4-7/h1-2,4-5H,3,9H2. The van der Waals surface area contributed by atoms with E-state index in [1.54, 1.807) is 11.1 Å². The molecule has 0 saturated heterocycles. The molecule has 0 saturated carbocycles. The van der Waals surface area contributed by atoms with Crippen LogP contribution in [-0.4, -0.2) is 29.9 Å². The van der Waals surface area contributed by atoms with Crippen molar-refractivity contribution in [1.82, 2.24) is 4.90 Å². The highest BCUT2D eigenvalue weighted by Gasteiger charge is 2.16. The zero-order valence-electron chi connectivity index (χ0n) is 6.84. The van der Waals surface area contributed by atoms with Gasteiger partial charge >= 0.3 is 0 Å². The summed E-state index contributed by atoms with van der Waals surface area (Å²) in [7, 11) is 0. The average Bonchev–Trinajstić information content (AvgIpc) is 2.16. The number of hydrogen-bond donors (Lipinski definition) is 1. The molecular weight excluding hydrogens is 168 g/mol. The molecule has 5 heteroatoms. The van der Waals surface area contributed by atoms with Crippen molar-refractivity contribution in [2.75, 3.05) is 6.54 Å². The Morgan fingerprint density at radius 3 is 3.23 bits per heavy atom. The van der Waals surface area contributed by atoms with Crippen LogP contribution in [0.4, 0.5) is 0 Å². The van der Waals surface area contributed by atoms with Crippen molar-refractivity contribution in [3.8, 4) is 0 Å². The number of allylic oxidation sites excluding steroid dienone is 1. The number of carbonyl (C=O) groups is 1. The van der Waals surface area contributed by atoms with E-state index in [-0.39, 0.29) is 0 Å². The van der Waals surface area contributed by atoms with Crippen LogP contribution in [0.15, 0.2) is 33.7 Å². The van der Waals surface area contributed by atoms with E-state index in [0.29, 0.717) is 23.8 Å². The molecule has 0 atom stereocenters. The van der Waals surface area contributed by atoms with Crippen LogP contribution < -0.4 is 5.73 Å². The first kappa shape index (κ1) is 7.72. The van der Waals surface area contributed by atoms with E-state index < -0.39 is 0 Å². The third-order valence-electron chi connectivity index (χ3n) is 1.74.